The summed E-state index contributed by atoms with van der Waals surface area (Å²) in [6, 6.07) is 10.3. The lowest BCUT2D eigenvalue weighted by Crippen LogP contribution is -2.37. The summed E-state index contributed by atoms with van der Waals surface area (Å²) in [6.45, 7) is 1.40. The Labute approximate surface area is 161 Å². The topological polar surface area (TPSA) is 95.3 Å². The van der Waals surface area contributed by atoms with Crippen molar-refractivity contribution in [1.82, 2.24) is 10.3 Å². The molecule has 1 aromatic carbocycles. The number of hydrogen-bond donors (Lipinski definition) is 1. The largest absolute Gasteiger partial charge is 0.465 e. The maximum absolute atomic E-state index is 12.4. The van der Waals surface area contributed by atoms with Crippen molar-refractivity contribution < 1.29 is 14.3 Å². The molecule has 1 aliphatic rings. The Balaban J connectivity index is 1.61. The normalized spacial score (nSPS) is 15.9. The van der Waals surface area contributed by atoms with E-state index in [-0.39, 0.29) is 17.6 Å². The molecule has 3 rings (SSSR count). The number of carbonyl (C=O) groups excluding carboxylic acids is 2. The van der Waals surface area contributed by atoms with Crippen LogP contribution in [0.25, 0.3) is 0 Å². The van der Waals surface area contributed by atoms with Crippen LogP contribution < -0.4 is 10.2 Å². The molecule has 0 bridgehead atoms. The van der Waals surface area contributed by atoms with Gasteiger partial charge in [0.05, 0.1) is 23.3 Å². The highest BCUT2D eigenvalue weighted by Gasteiger charge is 2.25. The van der Waals surface area contributed by atoms with Crippen molar-refractivity contribution in [3.05, 3.63) is 58.4 Å². The second-order valence-electron chi connectivity index (χ2n) is 6.10. The number of amides is 1. The first-order valence-corrected chi connectivity index (χ1v) is 8.69. The van der Waals surface area contributed by atoms with Gasteiger partial charge in [0.25, 0.3) is 5.91 Å². The minimum atomic E-state index is -0.498. The number of nitrogens with one attached hydrogen (secondary N) is 1. The molecule has 1 N–H and O–H groups in total. The predicted molar refractivity (Wildman–Crippen MR) is 99.8 cm³/mol. The molecule has 1 saturated heterocycles. The summed E-state index contributed by atoms with van der Waals surface area (Å²) in [5, 5.41) is 12.3. The van der Waals surface area contributed by atoms with Crippen LogP contribution in [0.2, 0.25) is 5.02 Å². The Morgan fingerprint density at radius 2 is 2.19 bits per heavy atom. The Hall–Kier alpha value is -3.11. The van der Waals surface area contributed by atoms with E-state index in [1.165, 1.54) is 25.4 Å². The van der Waals surface area contributed by atoms with Gasteiger partial charge >= 0.3 is 5.97 Å². The van der Waals surface area contributed by atoms with E-state index in [9.17, 15) is 9.59 Å². The number of aromatic nitrogens is 1. The molecular formula is C19H17ClN4O3. The number of carbonyl (C=O) groups is 2. The van der Waals surface area contributed by atoms with Crippen molar-refractivity contribution in [3.63, 3.8) is 0 Å². The molecule has 1 aromatic heterocycles. The third-order valence-corrected chi connectivity index (χ3v) is 4.69. The number of benzene rings is 1. The summed E-state index contributed by atoms with van der Waals surface area (Å²) in [5.41, 5.74) is 1.88. The highest BCUT2D eigenvalue weighted by Crippen LogP contribution is 2.26. The molecule has 1 amide bonds. The summed E-state index contributed by atoms with van der Waals surface area (Å²) >= 11 is 6.09. The molecule has 7 nitrogen and oxygen atoms in total. The molecule has 0 spiro atoms. The van der Waals surface area contributed by atoms with Crippen LogP contribution in [0.1, 0.15) is 32.8 Å². The molecule has 138 valence electrons. The first kappa shape index (κ1) is 18.7. The van der Waals surface area contributed by atoms with Gasteiger partial charge in [0.15, 0.2) is 0 Å². The molecule has 2 aromatic rings. The number of anilines is 1. The summed E-state index contributed by atoms with van der Waals surface area (Å²) < 4.78 is 4.61. The maximum Gasteiger partial charge on any atom is 0.339 e. The van der Waals surface area contributed by atoms with Crippen molar-refractivity contribution in [1.29, 1.82) is 5.26 Å². The number of esters is 1. The van der Waals surface area contributed by atoms with Crippen LogP contribution in [0.3, 0.4) is 0 Å². The summed E-state index contributed by atoms with van der Waals surface area (Å²) in [7, 11) is 1.29. The molecule has 27 heavy (non-hydrogen) atoms. The first-order chi connectivity index (χ1) is 13.0. The molecule has 1 atom stereocenters. The second kappa shape index (κ2) is 8.06. The fourth-order valence-electron chi connectivity index (χ4n) is 2.93. The minimum absolute atomic E-state index is 0.0333. The molecule has 1 unspecified atom stereocenters. The molecule has 1 aliphatic heterocycles. The van der Waals surface area contributed by atoms with Crippen LogP contribution in [0.15, 0.2) is 36.5 Å². The van der Waals surface area contributed by atoms with Crippen LogP contribution in [-0.2, 0) is 4.74 Å². The van der Waals surface area contributed by atoms with Gasteiger partial charge in [-0.05, 0) is 36.8 Å². The standard InChI is InChI=1S/C19H17ClN4O3/c1-27-19(26)13-3-5-17(22-10-13)18(25)23-14-6-7-24(11-14)15-4-2-12(9-21)16(20)8-15/h2-5,8,10,14H,6-7,11H2,1H3,(H,23,25). The Kier molecular flexibility index (Phi) is 5.57. The highest BCUT2D eigenvalue weighted by atomic mass is 35.5. The van der Waals surface area contributed by atoms with Gasteiger partial charge in [-0.2, -0.15) is 5.26 Å². The van der Waals surface area contributed by atoms with Crippen molar-refractivity contribution in [3.8, 4) is 6.07 Å². The maximum atomic E-state index is 12.4. The Morgan fingerprint density at radius 1 is 1.37 bits per heavy atom. The van der Waals surface area contributed by atoms with E-state index in [4.69, 9.17) is 16.9 Å². The average Bonchev–Trinajstić information content (AvgIpc) is 3.15. The zero-order valence-corrected chi connectivity index (χ0v) is 15.4. The van der Waals surface area contributed by atoms with Crippen molar-refractivity contribution >= 4 is 29.2 Å². The zero-order valence-electron chi connectivity index (χ0n) is 14.6. The fourth-order valence-corrected chi connectivity index (χ4v) is 3.15. The quantitative estimate of drug-likeness (QED) is 0.813. The summed E-state index contributed by atoms with van der Waals surface area (Å²) in [5.74, 6) is -0.793. The van der Waals surface area contributed by atoms with E-state index in [1.54, 1.807) is 12.1 Å². The predicted octanol–water partition coefficient (Wildman–Crippen LogP) is 2.40. The monoisotopic (exact) mass is 384 g/mol. The van der Waals surface area contributed by atoms with Crippen molar-refractivity contribution in [2.24, 2.45) is 0 Å². The van der Waals surface area contributed by atoms with Crippen LogP contribution in [0.4, 0.5) is 5.69 Å². The summed E-state index contributed by atoms with van der Waals surface area (Å²) in [4.78, 5) is 29.9. The molecule has 2 heterocycles. The van der Waals surface area contributed by atoms with Crippen molar-refractivity contribution in [2.75, 3.05) is 25.1 Å². The fraction of sp³-hybridized carbons (Fsp3) is 0.263. The molecule has 1 fully saturated rings. The number of methoxy groups -OCH3 is 1. The van der Waals surface area contributed by atoms with E-state index < -0.39 is 5.97 Å². The van der Waals surface area contributed by atoms with Gasteiger partial charge in [-0.25, -0.2) is 4.79 Å². The number of pyridine rings is 1. The number of nitrogens with zero attached hydrogens (tertiary/aromatic N) is 3. The third kappa shape index (κ3) is 4.18. The van der Waals surface area contributed by atoms with Crippen LogP contribution in [-0.4, -0.2) is 43.1 Å². The number of nitriles is 1. The third-order valence-electron chi connectivity index (χ3n) is 4.38. The van der Waals surface area contributed by atoms with Gasteiger partial charge in [0, 0.05) is 31.0 Å². The summed E-state index contributed by atoms with van der Waals surface area (Å²) in [6.07, 6.45) is 2.10. The van der Waals surface area contributed by atoms with Gasteiger partial charge in [0.1, 0.15) is 11.8 Å². The van der Waals surface area contributed by atoms with Gasteiger partial charge < -0.3 is 15.0 Å². The Morgan fingerprint density at radius 3 is 2.81 bits per heavy atom. The lowest BCUT2D eigenvalue weighted by Gasteiger charge is -2.19. The van der Waals surface area contributed by atoms with Gasteiger partial charge in [-0.3, -0.25) is 9.78 Å². The second-order valence-corrected chi connectivity index (χ2v) is 6.51. The molecule has 0 radical (unpaired) electrons. The molecular weight excluding hydrogens is 368 g/mol. The van der Waals surface area contributed by atoms with E-state index in [1.807, 2.05) is 12.1 Å². The van der Waals surface area contributed by atoms with Gasteiger partial charge in [0.2, 0.25) is 0 Å². The lowest BCUT2D eigenvalue weighted by atomic mass is 10.2. The SMILES string of the molecule is COC(=O)c1ccc(C(=O)NC2CCN(c3ccc(C#N)c(Cl)c3)C2)nc1. The number of rotatable bonds is 4. The molecule has 0 saturated carbocycles. The Bertz CT molecular complexity index is 908. The lowest BCUT2D eigenvalue weighted by molar-refractivity contribution is 0.0599. The van der Waals surface area contributed by atoms with Crippen LogP contribution >= 0.6 is 11.6 Å². The number of hydrogen-bond acceptors (Lipinski definition) is 6. The minimum Gasteiger partial charge on any atom is -0.465 e. The van der Waals surface area contributed by atoms with E-state index in [0.29, 0.717) is 22.7 Å². The van der Waals surface area contributed by atoms with E-state index in [2.05, 4.69) is 19.9 Å². The van der Waals surface area contributed by atoms with Crippen LogP contribution in [0, 0.1) is 11.3 Å². The van der Waals surface area contributed by atoms with Crippen molar-refractivity contribution in [2.45, 2.75) is 12.5 Å². The molecule has 0 aliphatic carbocycles. The van der Waals surface area contributed by atoms with Crippen LogP contribution in [0.5, 0.6) is 0 Å². The van der Waals surface area contributed by atoms with Gasteiger partial charge in [-0.1, -0.05) is 11.6 Å². The zero-order chi connectivity index (χ0) is 19.4. The van der Waals surface area contributed by atoms with E-state index in [0.717, 1.165) is 18.7 Å². The van der Waals surface area contributed by atoms with E-state index >= 15 is 0 Å². The molecule has 8 heteroatoms. The van der Waals surface area contributed by atoms with Gasteiger partial charge in [-0.15, -0.1) is 0 Å². The highest BCUT2D eigenvalue weighted by molar-refractivity contribution is 6.32. The average molecular weight is 385 g/mol. The first-order valence-electron chi connectivity index (χ1n) is 8.31. The number of ether oxygens (including phenoxy) is 1. The number of halogens is 1. The smallest absolute Gasteiger partial charge is 0.339 e.